The molecule has 0 aliphatic rings. The SMILES string of the molecule is CCCCC(COC(=O)/C(C)=C\C(=O)O)Oc1ccc(C(=O)C(C)(C)O)cc1. The highest BCUT2D eigenvalue weighted by atomic mass is 16.6. The molecule has 0 aliphatic carbocycles. The first-order chi connectivity index (χ1) is 13.0. The number of carboxylic acid groups (broad SMARTS) is 1. The van der Waals surface area contributed by atoms with Gasteiger partial charge >= 0.3 is 11.9 Å². The molecule has 0 spiro atoms. The van der Waals surface area contributed by atoms with Crippen LogP contribution in [-0.2, 0) is 14.3 Å². The first-order valence-electron chi connectivity index (χ1n) is 9.16. The van der Waals surface area contributed by atoms with Crippen LogP contribution in [0.4, 0.5) is 0 Å². The zero-order valence-corrected chi connectivity index (χ0v) is 16.7. The Bertz CT molecular complexity index is 711. The molecule has 0 aromatic heterocycles. The Hall–Kier alpha value is -2.67. The number of rotatable bonds is 11. The maximum Gasteiger partial charge on any atom is 0.334 e. The number of benzene rings is 1. The maximum atomic E-state index is 12.1. The Balaban J connectivity index is 2.77. The van der Waals surface area contributed by atoms with Gasteiger partial charge < -0.3 is 19.7 Å². The molecule has 1 rings (SSSR count). The Morgan fingerprint density at radius 1 is 1.18 bits per heavy atom. The molecule has 1 atom stereocenters. The van der Waals surface area contributed by atoms with E-state index in [4.69, 9.17) is 14.6 Å². The summed E-state index contributed by atoms with van der Waals surface area (Å²) >= 11 is 0. The lowest BCUT2D eigenvalue weighted by Gasteiger charge is -2.20. The van der Waals surface area contributed by atoms with Crippen LogP contribution in [-0.4, -0.2) is 46.2 Å². The van der Waals surface area contributed by atoms with E-state index in [9.17, 15) is 19.5 Å². The van der Waals surface area contributed by atoms with Gasteiger partial charge in [-0.2, -0.15) is 0 Å². The van der Waals surface area contributed by atoms with Crippen LogP contribution < -0.4 is 4.74 Å². The minimum Gasteiger partial charge on any atom is -0.487 e. The molecule has 28 heavy (non-hydrogen) atoms. The lowest BCUT2D eigenvalue weighted by molar-refractivity contribution is -0.142. The van der Waals surface area contributed by atoms with Crippen LogP contribution in [0.2, 0.25) is 0 Å². The molecule has 0 amide bonds. The molecule has 7 heteroatoms. The number of Topliss-reactive ketones (excluding diaryl/α,β-unsaturated/α-hetero) is 1. The summed E-state index contributed by atoms with van der Waals surface area (Å²) in [5, 5.41) is 18.5. The van der Waals surface area contributed by atoms with E-state index in [-0.39, 0.29) is 12.2 Å². The van der Waals surface area contributed by atoms with E-state index in [1.807, 2.05) is 6.92 Å². The Kier molecular flexibility index (Phi) is 8.85. The molecular formula is C21H28O7. The molecule has 0 saturated carbocycles. The summed E-state index contributed by atoms with van der Waals surface area (Å²) in [7, 11) is 0. The number of carboxylic acids is 1. The van der Waals surface area contributed by atoms with E-state index in [1.54, 1.807) is 24.3 Å². The van der Waals surface area contributed by atoms with Crippen molar-refractivity contribution in [2.75, 3.05) is 6.61 Å². The van der Waals surface area contributed by atoms with E-state index < -0.39 is 29.4 Å². The predicted octanol–water partition coefficient (Wildman–Crippen LogP) is 3.15. The standard InChI is InChI=1S/C21H28O7/c1-5-6-7-17(13-27-20(25)14(2)12-18(22)23)28-16-10-8-15(9-11-16)19(24)21(3,4)26/h8-12,17,26H,5-7,13H2,1-4H3,(H,22,23)/b14-12-. The zero-order valence-electron chi connectivity index (χ0n) is 16.7. The van der Waals surface area contributed by atoms with E-state index in [0.717, 1.165) is 18.9 Å². The predicted molar refractivity (Wildman–Crippen MR) is 103 cm³/mol. The van der Waals surface area contributed by atoms with Crippen LogP contribution in [0, 0.1) is 0 Å². The molecule has 0 saturated heterocycles. The summed E-state index contributed by atoms with van der Waals surface area (Å²) in [6.07, 6.45) is 2.84. The third kappa shape index (κ3) is 7.92. The van der Waals surface area contributed by atoms with Crippen LogP contribution in [0.25, 0.3) is 0 Å². The number of hydrogen-bond acceptors (Lipinski definition) is 6. The smallest absolute Gasteiger partial charge is 0.334 e. The summed E-state index contributed by atoms with van der Waals surface area (Å²) < 4.78 is 11.0. The second-order valence-electron chi connectivity index (χ2n) is 7.06. The van der Waals surface area contributed by atoms with Crippen molar-refractivity contribution < 1.29 is 34.1 Å². The van der Waals surface area contributed by atoms with Crippen molar-refractivity contribution in [1.82, 2.24) is 0 Å². The topological polar surface area (TPSA) is 110 Å². The van der Waals surface area contributed by atoms with Crippen molar-refractivity contribution in [2.45, 2.75) is 58.7 Å². The van der Waals surface area contributed by atoms with Crippen LogP contribution >= 0.6 is 0 Å². The van der Waals surface area contributed by atoms with Gasteiger partial charge in [0.15, 0.2) is 5.78 Å². The van der Waals surface area contributed by atoms with E-state index in [0.29, 0.717) is 17.7 Å². The van der Waals surface area contributed by atoms with Gasteiger partial charge in [-0.15, -0.1) is 0 Å². The summed E-state index contributed by atoms with van der Waals surface area (Å²) in [6, 6.07) is 6.38. The number of ether oxygens (including phenoxy) is 2. The number of aliphatic carboxylic acids is 1. The average molecular weight is 392 g/mol. The normalized spacial score (nSPS) is 13.0. The van der Waals surface area contributed by atoms with Gasteiger partial charge in [-0.3, -0.25) is 4.79 Å². The fourth-order valence-electron chi connectivity index (χ4n) is 2.37. The molecule has 1 aromatic carbocycles. The van der Waals surface area contributed by atoms with Gasteiger partial charge in [0.05, 0.1) is 0 Å². The second kappa shape index (κ2) is 10.6. The monoisotopic (exact) mass is 392 g/mol. The number of unbranched alkanes of at least 4 members (excludes halogenated alkanes) is 1. The summed E-state index contributed by atoms with van der Waals surface area (Å²) in [4.78, 5) is 34.5. The number of esters is 1. The number of ketones is 1. The highest BCUT2D eigenvalue weighted by Gasteiger charge is 2.25. The quantitative estimate of drug-likeness (QED) is 0.338. The van der Waals surface area contributed by atoms with E-state index >= 15 is 0 Å². The molecular weight excluding hydrogens is 364 g/mol. The first kappa shape index (κ1) is 23.4. The fourth-order valence-corrected chi connectivity index (χ4v) is 2.37. The third-order valence-electron chi connectivity index (χ3n) is 3.92. The number of hydrogen-bond donors (Lipinski definition) is 2. The lowest BCUT2D eigenvalue weighted by atomic mass is 9.97. The van der Waals surface area contributed by atoms with Gasteiger partial charge in [0, 0.05) is 17.2 Å². The molecule has 2 N–H and O–H groups in total. The van der Waals surface area contributed by atoms with Crippen molar-refractivity contribution in [3.05, 3.63) is 41.5 Å². The van der Waals surface area contributed by atoms with Crippen LogP contribution in [0.5, 0.6) is 5.75 Å². The molecule has 0 aliphatic heterocycles. The fraction of sp³-hybridized carbons (Fsp3) is 0.476. The maximum absolute atomic E-state index is 12.1. The number of carbonyl (C=O) groups excluding carboxylic acids is 2. The molecule has 1 aromatic rings. The summed E-state index contributed by atoms with van der Waals surface area (Å²) in [6.45, 7) is 6.23. The summed E-state index contributed by atoms with van der Waals surface area (Å²) in [5.41, 5.74) is -1.09. The first-order valence-corrected chi connectivity index (χ1v) is 9.16. The van der Waals surface area contributed by atoms with Gasteiger partial charge in [-0.25, -0.2) is 9.59 Å². The van der Waals surface area contributed by atoms with Crippen LogP contribution in [0.15, 0.2) is 35.9 Å². The average Bonchev–Trinajstić information content (AvgIpc) is 2.62. The molecule has 0 bridgehead atoms. The van der Waals surface area contributed by atoms with Crippen molar-refractivity contribution in [3.8, 4) is 5.75 Å². The largest absolute Gasteiger partial charge is 0.487 e. The minimum atomic E-state index is -1.46. The minimum absolute atomic E-state index is 0.00350. The van der Waals surface area contributed by atoms with Gasteiger partial charge in [-0.05, 0) is 57.9 Å². The Labute approximate surface area is 165 Å². The highest BCUT2D eigenvalue weighted by molar-refractivity contribution is 6.01. The van der Waals surface area contributed by atoms with Crippen LogP contribution in [0.1, 0.15) is 57.3 Å². The summed E-state index contributed by atoms with van der Waals surface area (Å²) in [5.74, 6) is -1.81. The number of carbonyl (C=O) groups is 3. The molecule has 0 fully saturated rings. The van der Waals surface area contributed by atoms with Gasteiger partial charge in [-0.1, -0.05) is 13.3 Å². The van der Waals surface area contributed by atoms with Crippen molar-refractivity contribution in [3.63, 3.8) is 0 Å². The number of aliphatic hydroxyl groups is 1. The van der Waals surface area contributed by atoms with Crippen molar-refractivity contribution >= 4 is 17.7 Å². The Morgan fingerprint density at radius 2 is 1.79 bits per heavy atom. The molecule has 0 heterocycles. The highest BCUT2D eigenvalue weighted by Crippen LogP contribution is 2.19. The molecule has 0 radical (unpaired) electrons. The Morgan fingerprint density at radius 3 is 2.29 bits per heavy atom. The van der Waals surface area contributed by atoms with E-state index in [1.165, 1.54) is 20.8 Å². The molecule has 1 unspecified atom stereocenters. The van der Waals surface area contributed by atoms with Gasteiger partial charge in [0.25, 0.3) is 0 Å². The van der Waals surface area contributed by atoms with Crippen LogP contribution in [0.3, 0.4) is 0 Å². The molecule has 7 nitrogen and oxygen atoms in total. The van der Waals surface area contributed by atoms with E-state index in [2.05, 4.69) is 0 Å². The van der Waals surface area contributed by atoms with Crippen molar-refractivity contribution in [2.24, 2.45) is 0 Å². The lowest BCUT2D eigenvalue weighted by Crippen LogP contribution is -2.31. The van der Waals surface area contributed by atoms with Gasteiger partial charge in [0.1, 0.15) is 24.1 Å². The van der Waals surface area contributed by atoms with Crippen molar-refractivity contribution in [1.29, 1.82) is 0 Å². The van der Waals surface area contributed by atoms with Gasteiger partial charge in [0.2, 0.25) is 0 Å². The second-order valence-corrected chi connectivity index (χ2v) is 7.06. The zero-order chi connectivity index (χ0) is 21.3. The third-order valence-corrected chi connectivity index (χ3v) is 3.92. The molecule has 154 valence electrons.